The number of nitrogens with two attached hydrogens (primary N) is 1. The standard InChI is InChI=1S/C15H20N2O2/c1-2-14-11-19-9-8-17(14)15(18)7-6-12-4-3-5-13(16)10-12/h3-7,10,14H,2,8-9,11,16H2,1H3/b7-6+. The van der Waals surface area contributed by atoms with Gasteiger partial charge < -0.3 is 15.4 Å². The van der Waals surface area contributed by atoms with Gasteiger partial charge >= 0.3 is 0 Å². The van der Waals surface area contributed by atoms with Crippen molar-refractivity contribution in [3.8, 4) is 0 Å². The molecule has 0 aromatic heterocycles. The normalized spacial score (nSPS) is 19.8. The molecule has 0 aliphatic carbocycles. The van der Waals surface area contributed by atoms with Crippen LogP contribution in [0.1, 0.15) is 18.9 Å². The Kier molecular flexibility index (Phi) is 4.58. The monoisotopic (exact) mass is 260 g/mol. The van der Waals surface area contributed by atoms with Crippen LogP contribution >= 0.6 is 0 Å². The van der Waals surface area contributed by atoms with Crippen molar-refractivity contribution in [3.63, 3.8) is 0 Å². The van der Waals surface area contributed by atoms with E-state index in [9.17, 15) is 4.79 Å². The highest BCUT2D eigenvalue weighted by atomic mass is 16.5. The van der Waals surface area contributed by atoms with E-state index in [4.69, 9.17) is 10.5 Å². The number of ether oxygens (including phenoxy) is 1. The number of hydrogen-bond donors (Lipinski definition) is 1. The second-order valence-electron chi connectivity index (χ2n) is 4.67. The SMILES string of the molecule is CCC1COCCN1C(=O)/C=C/c1cccc(N)c1. The molecule has 2 rings (SSSR count). The van der Waals surface area contributed by atoms with Gasteiger partial charge in [-0.05, 0) is 30.2 Å². The topological polar surface area (TPSA) is 55.6 Å². The first-order chi connectivity index (χ1) is 9.20. The third-order valence-corrected chi connectivity index (χ3v) is 3.31. The van der Waals surface area contributed by atoms with E-state index in [1.54, 1.807) is 12.2 Å². The fraction of sp³-hybridized carbons (Fsp3) is 0.400. The first-order valence-corrected chi connectivity index (χ1v) is 6.62. The molecule has 102 valence electrons. The van der Waals surface area contributed by atoms with Crippen molar-refractivity contribution in [2.45, 2.75) is 19.4 Å². The lowest BCUT2D eigenvalue weighted by Gasteiger charge is -2.34. The number of nitrogens with zero attached hydrogens (tertiary/aromatic N) is 1. The second kappa shape index (κ2) is 6.38. The smallest absolute Gasteiger partial charge is 0.246 e. The fourth-order valence-corrected chi connectivity index (χ4v) is 2.21. The van der Waals surface area contributed by atoms with Gasteiger partial charge in [0, 0.05) is 18.3 Å². The van der Waals surface area contributed by atoms with Crippen molar-refractivity contribution in [3.05, 3.63) is 35.9 Å². The van der Waals surface area contributed by atoms with Crippen LogP contribution in [-0.2, 0) is 9.53 Å². The molecule has 1 aromatic rings. The fourth-order valence-electron chi connectivity index (χ4n) is 2.21. The molecular weight excluding hydrogens is 240 g/mol. The molecule has 2 N–H and O–H groups in total. The van der Waals surface area contributed by atoms with Crippen LogP contribution in [0.2, 0.25) is 0 Å². The maximum Gasteiger partial charge on any atom is 0.246 e. The molecule has 1 unspecified atom stereocenters. The molecule has 0 spiro atoms. The number of hydrogen-bond acceptors (Lipinski definition) is 3. The minimum atomic E-state index is 0.0394. The molecule has 1 saturated heterocycles. The second-order valence-corrected chi connectivity index (χ2v) is 4.67. The number of anilines is 1. The van der Waals surface area contributed by atoms with E-state index in [1.807, 2.05) is 29.2 Å². The Morgan fingerprint density at radius 3 is 3.16 bits per heavy atom. The number of nitrogen functional groups attached to an aromatic ring is 1. The number of carbonyl (C=O) groups excluding carboxylic acids is 1. The Bertz CT molecular complexity index is 471. The van der Waals surface area contributed by atoms with Gasteiger partial charge in [0.15, 0.2) is 0 Å². The van der Waals surface area contributed by atoms with E-state index in [2.05, 4.69) is 6.92 Å². The first kappa shape index (κ1) is 13.6. The molecule has 19 heavy (non-hydrogen) atoms. The lowest BCUT2D eigenvalue weighted by Crippen LogP contribution is -2.47. The van der Waals surface area contributed by atoms with Gasteiger partial charge in [0.25, 0.3) is 0 Å². The van der Waals surface area contributed by atoms with Crippen molar-refractivity contribution in [2.24, 2.45) is 0 Å². The molecule has 1 atom stereocenters. The predicted molar refractivity (Wildman–Crippen MR) is 76.5 cm³/mol. The molecule has 1 fully saturated rings. The molecule has 0 saturated carbocycles. The minimum absolute atomic E-state index is 0.0394. The molecule has 1 aromatic carbocycles. The van der Waals surface area contributed by atoms with Crippen molar-refractivity contribution in [2.75, 3.05) is 25.5 Å². The summed E-state index contributed by atoms with van der Waals surface area (Å²) in [7, 11) is 0. The van der Waals surface area contributed by atoms with Crippen molar-refractivity contribution < 1.29 is 9.53 Å². The van der Waals surface area contributed by atoms with Crippen LogP contribution in [0.15, 0.2) is 30.3 Å². The van der Waals surface area contributed by atoms with Crippen molar-refractivity contribution in [1.29, 1.82) is 0 Å². The average molecular weight is 260 g/mol. The summed E-state index contributed by atoms with van der Waals surface area (Å²) < 4.78 is 5.40. The lowest BCUT2D eigenvalue weighted by molar-refractivity contribution is -0.134. The lowest BCUT2D eigenvalue weighted by atomic mass is 10.1. The number of carbonyl (C=O) groups is 1. The summed E-state index contributed by atoms with van der Waals surface area (Å²) in [6.45, 7) is 3.99. The summed E-state index contributed by atoms with van der Waals surface area (Å²) in [5, 5.41) is 0. The number of amides is 1. The van der Waals surface area contributed by atoms with Crippen LogP contribution in [0.5, 0.6) is 0 Å². The number of benzene rings is 1. The quantitative estimate of drug-likeness (QED) is 0.667. The van der Waals surface area contributed by atoms with Crippen LogP contribution < -0.4 is 5.73 Å². The highest BCUT2D eigenvalue weighted by Gasteiger charge is 2.24. The molecule has 1 aliphatic rings. The molecule has 1 amide bonds. The van der Waals surface area contributed by atoms with Gasteiger partial charge in [0.05, 0.1) is 19.3 Å². The van der Waals surface area contributed by atoms with Crippen LogP contribution in [0.3, 0.4) is 0 Å². The highest BCUT2D eigenvalue weighted by molar-refractivity contribution is 5.92. The molecule has 4 heteroatoms. The van der Waals surface area contributed by atoms with E-state index in [-0.39, 0.29) is 11.9 Å². The summed E-state index contributed by atoms with van der Waals surface area (Å²) >= 11 is 0. The predicted octanol–water partition coefficient (Wildman–Crippen LogP) is 1.92. The van der Waals surface area contributed by atoms with Gasteiger partial charge in [-0.1, -0.05) is 19.1 Å². The molecule has 4 nitrogen and oxygen atoms in total. The van der Waals surface area contributed by atoms with Gasteiger partial charge in [0.2, 0.25) is 5.91 Å². The summed E-state index contributed by atoms with van der Waals surface area (Å²) in [6.07, 6.45) is 4.33. The Morgan fingerprint density at radius 1 is 1.58 bits per heavy atom. The maximum absolute atomic E-state index is 12.2. The van der Waals surface area contributed by atoms with E-state index in [0.29, 0.717) is 25.4 Å². The largest absolute Gasteiger partial charge is 0.399 e. The summed E-state index contributed by atoms with van der Waals surface area (Å²) in [5.74, 6) is 0.0394. The van der Waals surface area contributed by atoms with Crippen LogP contribution in [0.25, 0.3) is 6.08 Å². The Morgan fingerprint density at radius 2 is 2.42 bits per heavy atom. The zero-order valence-corrected chi connectivity index (χ0v) is 11.2. The molecule has 0 radical (unpaired) electrons. The number of rotatable bonds is 3. The van der Waals surface area contributed by atoms with Gasteiger partial charge in [-0.15, -0.1) is 0 Å². The zero-order valence-electron chi connectivity index (χ0n) is 11.2. The van der Waals surface area contributed by atoms with E-state index >= 15 is 0 Å². The minimum Gasteiger partial charge on any atom is -0.399 e. The molecule has 1 heterocycles. The van der Waals surface area contributed by atoms with E-state index in [0.717, 1.165) is 12.0 Å². The third-order valence-electron chi connectivity index (χ3n) is 3.31. The maximum atomic E-state index is 12.2. The summed E-state index contributed by atoms with van der Waals surface area (Å²) in [6, 6.07) is 7.67. The molecular formula is C15H20N2O2. The molecule has 0 bridgehead atoms. The van der Waals surface area contributed by atoms with Gasteiger partial charge in [0.1, 0.15) is 0 Å². The number of morpholine rings is 1. The van der Waals surface area contributed by atoms with Crippen molar-refractivity contribution >= 4 is 17.7 Å². The van der Waals surface area contributed by atoms with Gasteiger partial charge in [-0.2, -0.15) is 0 Å². The van der Waals surface area contributed by atoms with Crippen LogP contribution in [0.4, 0.5) is 5.69 Å². The highest BCUT2D eigenvalue weighted by Crippen LogP contribution is 2.12. The summed E-state index contributed by atoms with van der Waals surface area (Å²) in [5.41, 5.74) is 7.35. The third kappa shape index (κ3) is 3.58. The summed E-state index contributed by atoms with van der Waals surface area (Å²) in [4.78, 5) is 14.1. The Balaban J connectivity index is 2.03. The van der Waals surface area contributed by atoms with Crippen LogP contribution in [-0.4, -0.2) is 36.6 Å². The van der Waals surface area contributed by atoms with Crippen molar-refractivity contribution in [1.82, 2.24) is 4.90 Å². The zero-order chi connectivity index (χ0) is 13.7. The average Bonchev–Trinajstić information content (AvgIpc) is 2.45. The first-order valence-electron chi connectivity index (χ1n) is 6.62. The molecule has 1 aliphatic heterocycles. The van der Waals surface area contributed by atoms with E-state index in [1.165, 1.54) is 0 Å². The van der Waals surface area contributed by atoms with Crippen LogP contribution in [0, 0.1) is 0 Å². The van der Waals surface area contributed by atoms with E-state index < -0.39 is 0 Å². The Labute approximate surface area is 113 Å². The Hall–Kier alpha value is -1.81. The van der Waals surface area contributed by atoms with Gasteiger partial charge in [-0.3, -0.25) is 4.79 Å². The van der Waals surface area contributed by atoms with Gasteiger partial charge in [-0.25, -0.2) is 0 Å².